The van der Waals surface area contributed by atoms with Gasteiger partial charge < -0.3 is 15.3 Å². The fourth-order valence-corrected chi connectivity index (χ4v) is 2.17. The topological polar surface area (TPSA) is 52.6 Å². The highest BCUT2D eigenvalue weighted by Gasteiger charge is 2.23. The molecule has 0 aliphatic carbocycles. The number of halogens is 2. The van der Waals surface area contributed by atoms with Gasteiger partial charge in [0.25, 0.3) is 0 Å². The Hall–Kier alpha value is -1.69. The molecule has 1 unspecified atom stereocenters. The van der Waals surface area contributed by atoms with Gasteiger partial charge in [-0.15, -0.1) is 0 Å². The maximum Gasteiger partial charge on any atom is 0.321 e. The molecule has 104 valence electrons. The van der Waals surface area contributed by atoms with Gasteiger partial charge in [-0.25, -0.2) is 13.6 Å². The van der Waals surface area contributed by atoms with Crippen LogP contribution in [0.2, 0.25) is 0 Å². The summed E-state index contributed by atoms with van der Waals surface area (Å²) in [6, 6.07) is 2.87. The number of amides is 2. The van der Waals surface area contributed by atoms with E-state index in [9.17, 15) is 13.6 Å². The monoisotopic (exact) mass is 270 g/mol. The summed E-state index contributed by atoms with van der Waals surface area (Å²) in [6.45, 7) is 1.13. The average Bonchev–Trinajstić information content (AvgIpc) is 2.43. The first kappa shape index (κ1) is 13.7. The van der Waals surface area contributed by atoms with Crippen molar-refractivity contribution >= 4 is 11.7 Å². The second-order valence-electron chi connectivity index (χ2n) is 4.70. The number of rotatable bonds is 2. The van der Waals surface area contributed by atoms with E-state index in [0.717, 1.165) is 25.0 Å². The maximum atomic E-state index is 13.0. The number of nitrogens with one attached hydrogen (secondary N) is 1. The van der Waals surface area contributed by atoms with Crippen LogP contribution in [0.5, 0.6) is 0 Å². The third-order valence-corrected chi connectivity index (χ3v) is 3.24. The first-order valence-electron chi connectivity index (χ1n) is 6.22. The highest BCUT2D eigenvalue weighted by Crippen LogP contribution is 2.18. The van der Waals surface area contributed by atoms with Crippen LogP contribution in [0, 0.1) is 17.6 Å². The van der Waals surface area contributed by atoms with E-state index in [1.807, 2.05) is 0 Å². The van der Waals surface area contributed by atoms with Gasteiger partial charge in [-0.2, -0.15) is 0 Å². The molecule has 1 saturated heterocycles. The lowest BCUT2D eigenvalue weighted by Crippen LogP contribution is -2.43. The van der Waals surface area contributed by atoms with Crippen LogP contribution >= 0.6 is 0 Å². The summed E-state index contributed by atoms with van der Waals surface area (Å²) < 4.78 is 25.8. The zero-order valence-electron chi connectivity index (χ0n) is 10.4. The molecule has 0 saturated carbocycles. The molecule has 2 N–H and O–H groups in total. The molecule has 2 amide bonds. The second kappa shape index (κ2) is 5.97. The normalized spacial score (nSPS) is 19.3. The predicted molar refractivity (Wildman–Crippen MR) is 66.8 cm³/mol. The standard InChI is InChI=1S/C13H16F2N2O2/c14-11-4-3-10(6-12(11)15)16-13(19)17-5-1-2-9(7-17)8-18/h3-4,6,9,18H,1-2,5,7-8H2,(H,16,19). The van der Waals surface area contributed by atoms with Crippen LogP contribution in [0.1, 0.15) is 12.8 Å². The first-order valence-corrected chi connectivity index (χ1v) is 6.22. The number of aliphatic hydroxyl groups is 1. The van der Waals surface area contributed by atoms with Crippen LogP contribution in [0.25, 0.3) is 0 Å². The van der Waals surface area contributed by atoms with E-state index in [-0.39, 0.29) is 24.2 Å². The quantitative estimate of drug-likeness (QED) is 0.865. The Labute approximate surface area is 110 Å². The molecular formula is C13H16F2N2O2. The number of piperidine rings is 1. The molecule has 1 fully saturated rings. The Bertz CT molecular complexity index is 468. The zero-order valence-corrected chi connectivity index (χ0v) is 10.4. The molecule has 1 heterocycles. The van der Waals surface area contributed by atoms with Crippen molar-refractivity contribution in [3.63, 3.8) is 0 Å². The number of anilines is 1. The minimum Gasteiger partial charge on any atom is -0.396 e. The zero-order chi connectivity index (χ0) is 13.8. The second-order valence-corrected chi connectivity index (χ2v) is 4.70. The Morgan fingerprint density at radius 2 is 2.21 bits per heavy atom. The van der Waals surface area contributed by atoms with Crippen molar-refractivity contribution in [2.24, 2.45) is 5.92 Å². The molecule has 4 nitrogen and oxygen atoms in total. The highest BCUT2D eigenvalue weighted by atomic mass is 19.2. The van der Waals surface area contributed by atoms with Crippen LogP contribution in [0.4, 0.5) is 19.3 Å². The lowest BCUT2D eigenvalue weighted by Gasteiger charge is -2.31. The fourth-order valence-electron chi connectivity index (χ4n) is 2.17. The van der Waals surface area contributed by atoms with Crippen molar-refractivity contribution in [1.82, 2.24) is 4.90 Å². The maximum absolute atomic E-state index is 13.0. The molecule has 2 rings (SSSR count). The Morgan fingerprint density at radius 1 is 1.42 bits per heavy atom. The summed E-state index contributed by atoms with van der Waals surface area (Å²) in [6.07, 6.45) is 1.72. The molecule has 1 aromatic carbocycles. The summed E-state index contributed by atoms with van der Waals surface area (Å²) in [7, 11) is 0. The van der Waals surface area contributed by atoms with Crippen molar-refractivity contribution in [3.8, 4) is 0 Å². The van der Waals surface area contributed by atoms with Crippen molar-refractivity contribution in [2.45, 2.75) is 12.8 Å². The minimum atomic E-state index is -0.996. The SMILES string of the molecule is O=C(Nc1ccc(F)c(F)c1)N1CCCC(CO)C1. The third kappa shape index (κ3) is 3.41. The molecule has 0 bridgehead atoms. The predicted octanol–water partition coefficient (Wildman–Crippen LogP) is 2.20. The Balaban J connectivity index is 1.98. The van der Waals surface area contributed by atoms with Crippen molar-refractivity contribution in [1.29, 1.82) is 0 Å². The average molecular weight is 270 g/mol. The van der Waals surface area contributed by atoms with E-state index in [0.29, 0.717) is 13.1 Å². The van der Waals surface area contributed by atoms with E-state index in [1.54, 1.807) is 4.90 Å². The molecule has 0 radical (unpaired) electrons. The third-order valence-electron chi connectivity index (χ3n) is 3.24. The smallest absolute Gasteiger partial charge is 0.321 e. The van der Waals surface area contributed by atoms with E-state index in [2.05, 4.69) is 5.32 Å². The number of hydrogen-bond acceptors (Lipinski definition) is 2. The number of aliphatic hydroxyl groups excluding tert-OH is 1. The van der Waals surface area contributed by atoms with Crippen molar-refractivity contribution in [2.75, 3.05) is 25.0 Å². The molecule has 19 heavy (non-hydrogen) atoms. The molecular weight excluding hydrogens is 254 g/mol. The number of urea groups is 1. The highest BCUT2D eigenvalue weighted by molar-refractivity contribution is 5.89. The van der Waals surface area contributed by atoms with Crippen LogP contribution in [-0.4, -0.2) is 35.7 Å². The Morgan fingerprint density at radius 3 is 2.89 bits per heavy atom. The van der Waals surface area contributed by atoms with Gasteiger partial charge in [0.15, 0.2) is 11.6 Å². The lowest BCUT2D eigenvalue weighted by molar-refractivity contribution is 0.136. The fraction of sp³-hybridized carbons (Fsp3) is 0.462. The largest absolute Gasteiger partial charge is 0.396 e. The summed E-state index contributed by atoms with van der Waals surface area (Å²) in [5.74, 6) is -1.86. The summed E-state index contributed by atoms with van der Waals surface area (Å²) in [5, 5.41) is 11.6. The molecule has 0 spiro atoms. The van der Waals surface area contributed by atoms with E-state index >= 15 is 0 Å². The number of hydrogen-bond donors (Lipinski definition) is 2. The number of carbonyl (C=O) groups excluding carboxylic acids is 1. The van der Waals surface area contributed by atoms with Crippen LogP contribution < -0.4 is 5.32 Å². The molecule has 1 atom stereocenters. The molecule has 1 aliphatic heterocycles. The first-order chi connectivity index (χ1) is 9.10. The molecule has 6 heteroatoms. The lowest BCUT2D eigenvalue weighted by atomic mass is 9.99. The number of benzene rings is 1. The van der Waals surface area contributed by atoms with Crippen molar-refractivity contribution in [3.05, 3.63) is 29.8 Å². The minimum absolute atomic E-state index is 0.0506. The van der Waals surface area contributed by atoms with Gasteiger partial charge >= 0.3 is 6.03 Å². The molecule has 0 aromatic heterocycles. The number of carbonyl (C=O) groups is 1. The van der Waals surface area contributed by atoms with Gasteiger partial charge in [0.1, 0.15) is 0 Å². The van der Waals surface area contributed by atoms with E-state index in [1.165, 1.54) is 6.07 Å². The number of likely N-dealkylation sites (tertiary alicyclic amines) is 1. The van der Waals surface area contributed by atoms with E-state index in [4.69, 9.17) is 5.11 Å². The molecule has 1 aromatic rings. The van der Waals surface area contributed by atoms with E-state index < -0.39 is 11.6 Å². The molecule has 1 aliphatic rings. The van der Waals surface area contributed by atoms with Crippen LogP contribution in [0.3, 0.4) is 0 Å². The van der Waals surface area contributed by atoms with Gasteiger partial charge in [-0.1, -0.05) is 0 Å². The summed E-state index contributed by atoms with van der Waals surface area (Å²) >= 11 is 0. The Kier molecular flexibility index (Phi) is 4.31. The van der Waals surface area contributed by atoms with Crippen LogP contribution in [0.15, 0.2) is 18.2 Å². The van der Waals surface area contributed by atoms with Gasteiger partial charge in [0.2, 0.25) is 0 Å². The van der Waals surface area contributed by atoms with Gasteiger partial charge in [0, 0.05) is 31.5 Å². The van der Waals surface area contributed by atoms with Gasteiger partial charge in [-0.3, -0.25) is 0 Å². The summed E-state index contributed by atoms with van der Waals surface area (Å²) in [4.78, 5) is 13.5. The summed E-state index contributed by atoms with van der Waals surface area (Å²) in [5.41, 5.74) is 0.218. The van der Waals surface area contributed by atoms with Crippen LogP contribution in [-0.2, 0) is 0 Å². The van der Waals surface area contributed by atoms with Gasteiger partial charge in [-0.05, 0) is 30.9 Å². The number of nitrogens with zero attached hydrogens (tertiary/aromatic N) is 1. The van der Waals surface area contributed by atoms with Crippen molar-refractivity contribution < 1.29 is 18.7 Å². The van der Waals surface area contributed by atoms with Gasteiger partial charge in [0.05, 0.1) is 0 Å².